The molecule has 0 bridgehead atoms. The van der Waals surface area contributed by atoms with Gasteiger partial charge in [-0.3, -0.25) is 9.59 Å². The number of hydrogen-bond donors (Lipinski definition) is 2. The average molecular weight is 432 g/mol. The number of carbonyl (C=O) groups excluding carboxylic acids is 1. The van der Waals surface area contributed by atoms with Crippen molar-refractivity contribution in [3.8, 4) is 22.6 Å². The molecule has 0 aliphatic carbocycles. The van der Waals surface area contributed by atoms with Crippen LogP contribution in [0.25, 0.3) is 22.6 Å². The first-order valence-corrected chi connectivity index (χ1v) is 9.96. The van der Waals surface area contributed by atoms with E-state index in [1.165, 1.54) is 12.4 Å². The number of hydrogen-bond acceptors (Lipinski definition) is 3. The van der Waals surface area contributed by atoms with E-state index in [-0.39, 0.29) is 6.42 Å². The Bertz CT molecular complexity index is 1310. The molecule has 0 radical (unpaired) electrons. The molecule has 2 heterocycles. The molecule has 0 fully saturated rings. The van der Waals surface area contributed by atoms with Crippen molar-refractivity contribution in [1.82, 2.24) is 14.1 Å². The number of aromatic nitrogens is 3. The van der Waals surface area contributed by atoms with Crippen molar-refractivity contribution in [2.24, 2.45) is 5.73 Å². The van der Waals surface area contributed by atoms with Crippen molar-refractivity contribution in [1.29, 1.82) is 0 Å². The number of amides is 1. The van der Waals surface area contributed by atoms with E-state index in [1.54, 1.807) is 47.3 Å². The SMILES string of the molecule is Cc1cc(C(N)=O)ccc1-n1c(CCC(=O)O)ccc1-c1ccc(-n2ccnc2)c(F)c1. The van der Waals surface area contributed by atoms with Gasteiger partial charge in [-0.2, -0.15) is 0 Å². The summed E-state index contributed by atoms with van der Waals surface area (Å²) >= 11 is 0. The van der Waals surface area contributed by atoms with Gasteiger partial charge in [0, 0.05) is 34.9 Å². The molecule has 1 amide bonds. The second kappa shape index (κ2) is 8.50. The van der Waals surface area contributed by atoms with Crippen molar-refractivity contribution < 1.29 is 19.1 Å². The fraction of sp³-hybridized carbons (Fsp3) is 0.125. The Hall–Kier alpha value is -4.20. The minimum absolute atomic E-state index is 0.0458. The number of benzene rings is 2. The lowest BCUT2D eigenvalue weighted by Crippen LogP contribution is -2.12. The zero-order valence-electron chi connectivity index (χ0n) is 17.3. The van der Waals surface area contributed by atoms with E-state index in [0.717, 1.165) is 16.9 Å². The van der Waals surface area contributed by atoms with Crippen molar-refractivity contribution in [3.63, 3.8) is 0 Å². The monoisotopic (exact) mass is 432 g/mol. The molecule has 0 unspecified atom stereocenters. The third-order valence-electron chi connectivity index (χ3n) is 5.30. The standard InChI is InChI=1S/C24H21FN4O3/c1-15-12-17(24(26)32)3-6-20(15)29-18(5-9-23(30)31)4-8-21(29)16-2-7-22(19(25)13-16)28-11-10-27-14-28/h2-4,6-8,10-14H,5,9H2,1H3,(H2,26,32)(H,30,31). The van der Waals surface area contributed by atoms with Crippen LogP contribution in [0.15, 0.2) is 67.3 Å². The van der Waals surface area contributed by atoms with E-state index in [9.17, 15) is 14.0 Å². The van der Waals surface area contributed by atoms with Gasteiger partial charge in [0.05, 0.1) is 24.1 Å². The number of carboxylic acid groups (broad SMARTS) is 1. The van der Waals surface area contributed by atoms with Crippen LogP contribution in [0.3, 0.4) is 0 Å². The van der Waals surface area contributed by atoms with Gasteiger partial charge in [0.1, 0.15) is 5.82 Å². The molecule has 162 valence electrons. The summed E-state index contributed by atoms with van der Waals surface area (Å²) in [5.41, 5.74) is 9.78. The van der Waals surface area contributed by atoms with Crippen LogP contribution in [0.5, 0.6) is 0 Å². The molecular formula is C24H21FN4O3. The van der Waals surface area contributed by atoms with Gasteiger partial charge < -0.3 is 20.0 Å². The highest BCUT2D eigenvalue weighted by Crippen LogP contribution is 2.31. The minimum Gasteiger partial charge on any atom is -0.481 e. The third kappa shape index (κ3) is 4.02. The molecule has 3 N–H and O–H groups in total. The van der Waals surface area contributed by atoms with Gasteiger partial charge >= 0.3 is 5.97 Å². The molecule has 2 aromatic carbocycles. The number of nitrogens with two attached hydrogens (primary N) is 1. The number of halogens is 1. The molecule has 7 nitrogen and oxygen atoms in total. The maximum Gasteiger partial charge on any atom is 0.303 e. The van der Waals surface area contributed by atoms with Gasteiger partial charge in [0.15, 0.2) is 0 Å². The Morgan fingerprint density at radius 3 is 2.50 bits per heavy atom. The fourth-order valence-electron chi connectivity index (χ4n) is 3.76. The summed E-state index contributed by atoms with van der Waals surface area (Å²) in [4.78, 5) is 26.7. The molecule has 32 heavy (non-hydrogen) atoms. The van der Waals surface area contributed by atoms with Crippen LogP contribution in [-0.4, -0.2) is 31.1 Å². The van der Waals surface area contributed by atoms with Crippen molar-refractivity contribution in [2.45, 2.75) is 19.8 Å². The number of carbonyl (C=O) groups is 2. The van der Waals surface area contributed by atoms with Crippen LogP contribution >= 0.6 is 0 Å². The number of rotatable bonds is 7. The van der Waals surface area contributed by atoms with Gasteiger partial charge in [0.2, 0.25) is 5.91 Å². The summed E-state index contributed by atoms with van der Waals surface area (Å²) in [7, 11) is 0. The minimum atomic E-state index is -0.907. The van der Waals surface area contributed by atoms with Crippen LogP contribution in [0, 0.1) is 12.7 Å². The third-order valence-corrected chi connectivity index (χ3v) is 5.30. The first-order valence-electron chi connectivity index (χ1n) is 9.96. The van der Waals surface area contributed by atoms with Crippen molar-refractivity contribution in [2.75, 3.05) is 0 Å². The Labute approximate surface area is 183 Å². The van der Waals surface area contributed by atoms with Crippen LogP contribution in [0.2, 0.25) is 0 Å². The lowest BCUT2D eigenvalue weighted by molar-refractivity contribution is -0.136. The number of aryl methyl sites for hydroxylation is 2. The Morgan fingerprint density at radius 2 is 1.88 bits per heavy atom. The number of aliphatic carboxylic acids is 1. The van der Waals surface area contributed by atoms with Crippen molar-refractivity contribution in [3.05, 3.63) is 89.9 Å². The Kier molecular flexibility index (Phi) is 5.59. The highest BCUT2D eigenvalue weighted by atomic mass is 19.1. The highest BCUT2D eigenvalue weighted by molar-refractivity contribution is 5.93. The summed E-state index contributed by atoms with van der Waals surface area (Å²) in [5, 5.41) is 9.15. The molecule has 0 aliphatic heterocycles. The Balaban J connectivity index is 1.84. The maximum absolute atomic E-state index is 14.9. The van der Waals surface area contributed by atoms with Crippen LogP contribution in [0.4, 0.5) is 4.39 Å². The van der Waals surface area contributed by atoms with E-state index < -0.39 is 17.7 Å². The van der Waals surface area contributed by atoms with Gasteiger partial charge in [-0.25, -0.2) is 9.37 Å². The second-order valence-electron chi connectivity index (χ2n) is 7.44. The molecule has 0 saturated heterocycles. The predicted molar refractivity (Wildman–Crippen MR) is 117 cm³/mol. The van der Waals surface area contributed by atoms with Crippen LogP contribution in [0.1, 0.15) is 28.0 Å². The summed E-state index contributed by atoms with van der Waals surface area (Å²) in [6, 6.07) is 13.7. The molecule has 0 spiro atoms. The average Bonchev–Trinajstić information content (AvgIpc) is 3.42. The summed E-state index contributed by atoms with van der Waals surface area (Å²) < 4.78 is 18.4. The zero-order valence-corrected chi connectivity index (χ0v) is 17.3. The lowest BCUT2D eigenvalue weighted by atomic mass is 10.1. The molecule has 2 aromatic heterocycles. The van der Waals surface area contributed by atoms with Crippen LogP contribution < -0.4 is 5.73 Å². The summed E-state index contributed by atoms with van der Waals surface area (Å²) in [6.45, 7) is 1.84. The molecular weight excluding hydrogens is 411 g/mol. The van der Waals surface area contributed by atoms with Crippen LogP contribution in [-0.2, 0) is 11.2 Å². The molecule has 8 heteroatoms. The van der Waals surface area contributed by atoms with Crippen molar-refractivity contribution >= 4 is 11.9 Å². The topological polar surface area (TPSA) is 103 Å². The van der Waals surface area contributed by atoms with Gasteiger partial charge in [0.25, 0.3) is 0 Å². The second-order valence-corrected chi connectivity index (χ2v) is 7.44. The number of primary amides is 1. The highest BCUT2D eigenvalue weighted by Gasteiger charge is 2.17. The zero-order chi connectivity index (χ0) is 22.8. The van der Waals surface area contributed by atoms with Gasteiger partial charge in [-0.15, -0.1) is 0 Å². The quantitative estimate of drug-likeness (QED) is 0.462. The Morgan fingerprint density at radius 1 is 1.09 bits per heavy atom. The lowest BCUT2D eigenvalue weighted by Gasteiger charge is -2.17. The van der Waals surface area contributed by atoms with E-state index in [2.05, 4.69) is 4.98 Å². The van der Waals surface area contributed by atoms with E-state index in [4.69, 9.17) is 10.8 Å². The summed E-state index contributed by atoms with van der Waals surface area (Å²) in [5.74, 6) is -1.85. The first-order chi connectivity index (χ1) is 15.3. The predicted octanol–water partition coefficient (Wildman–Crippen LogP) is 3.89. The number of carboxylic acids is 1. The number of imidazole rings is 1. The maximum atomic E-state index is 14.9. The normalized spacial score (nSPS) is 10.9. The first kappa shape index (κ1) is 21.0. The fourth-order valence-corrected chi connectivity index (χ4v) is 3.76. The van der Waals surface area contributed by atoms with E-state index >= 15 is 0 Å². The molecule has 0 aliphatic rings. The molecule has 0 saturated carbocycles. The molecule has 4 rings (SSSR count). The number of nitrogens with zero attached hydrogens (tertiary/aromatic N) is 3. The molecule has 0 atom stereocenters. The largest absolute Gasteiger partial charge is 0.481 e. The van der Waals surface area contributed by atoms with E-state index in [1.807, 2.05) is 23.6 Å². The summed E-state index contributed by atoms with van der Waals surface area (Å²) in [6.07, 6.45) is 5.01. The van der Waals surface area contributed by atoms with Gasteiger partial charge in [-0.05, 0) is 61.4 Å². The smallest absolute Gasteiger partial charge is 0.303 e. The van der Waals surface area contributed by atoms with Gasteiger partial charge in [-0.1, -0.05) is 6.07 Å². The van der Waals surface area contributed by atoms with E-state index in [0.29, 0.717) is 28.9 Å². The molecule has 4 aromatic rings.